The van der Waals surface area contributed by atoms with Crippen molar-refractivity contribution < 1.29 is 4.79 Å². The van der Waals surface area contributed by atoms with E-state index in [0.717, 1.165) is 25.9 Å². The Labute approximate surface area is 122 Å². The maximum Gasteiger partial charge on any atom is 0.276 e. The van der Waals surface area contributed by atoms with E-state index < -0.39 is 0 Å². The normalized spacial score (nSPS) is 11.3. The van der Waals surface area contributed by atoms with Crippen LogP contribution < -0.4 is 5.73 Å². The van der Waals surface area contributed by atoms with E-state index in [1.54, 1.807) is 17.9 Å². The van der Waals surface area contributed by atoms with Gasteiger partial charge in [0.25, 0.3) is 5.91 Å². The summed E-state index contributed by atoms with van der Waals surface area (Å²) in [5, 5.41) is 4.19. The second-order valence-electron chi connectivity index (χ2n) is 6.26. The number of hydrogen-bond acceptors (Lipinski definition) is 3. The molecule has 1 heterocycles. The molecule has 2 N–H and O–H groups in total. The highest BCUT2D eigenvalue weighted by atomic mass is 16.2. The summed E-state index contributed by atoms with van der Waals surface area (Å²) in [7, 11) is 1.78. The summed E-state index contributed by atoms with van der Waals surface area (Å²) >= 11 is 0. The molecule has 0 bridgehead atoms. The standard InChI is InChI=1S/C15H28N4O/c1-11(2)6-8-19(9-7-12(3)4)15(20)14-13(16)10-18(5)17-14/h10-12H,6-9,16H2,1-5H3. The lowest BCUT2D eigenvalue weighted by Gasteiger charge is -2.24. The SMILES string of the molecule is CC(C)CCN(CCC(C)C)C(=O)c1nn(C)cc1N. The van der Waals surface area contributed by atoms with Crippen LogP contribution in [0.25, 0.3) is 0 Å². The third-order valence-electron chi connectivity index (χ3n) is 3.30. The molecule has 0 saturated heterocycles. The van der Waals surface area contributed by atoms with Gasteiger partial charge in [-0.15, -0.1) is 0 Å². The number of aryl methyl sites for hydroxylation is 1. The van der Waals surface area contributed by atoms with Crippen molar-refractivity contribution >= 4 is 11.6 Å². The van der Waals surface area contributed by atoms with Gasteiger partial charge < -0.3 is 10.6 Å². The van der Waals surface area contributed by atoms with Crippen molar-refractivity contribution in [2.75, 3.05) is 18.8 Å². The van der Waals surface area contributed by atoms with E-state index in [9.17, 15) is 4.79 Å². The zero-order valence-corrected chi connectivity index (χ0v) is 13.4. The maximum atomic E-state index is 12.6. The predicted octanol–water partition coefficient (Wildman–Crippen LogP) is 2.54. The fourth-order valence-corrected chi connectivity index (χ4v) is 1.97. The molecule has 1 aromatic heterocycles. The molecule has 0 aromatic carbocycles. The minimum absolute atomic E-state index is 0.0515. The van der Waals surface area contributed by atoms with Gasteiger partial charge in [0.05, 0.1) is 5.69 Å². The Morgan fingerprint density at radius 1 is 1.25 bits per heavy atom. The lowest BCUT2D eigenvalue weighted by atomic mass is 10.1. The Morgan fingerprint density at radius 3 is 2.10 bits per heavy atom. The first kappa shape index (κ1) is 16.5. The van der Waals surface area contributed by atoms with E-state index in [0.29, 0.717) is 23.2 Å². The molecule has 1 aromatic rings. The summed E-state index contributed by atoms with van der Waals surface area (Å²) < 4.78 is 1.59. The van der Waals surface area contributed by atoms with Crippen LogP contribution in [0.15, 0.2) is 6.20 Å². The number of anilines is 1. The van der Waals surface area contributed by atoms with Crippen LogP contribution in [0.5, 0.6) is 0 Å². The molecule has 0 atom stereocenters. The third-order valence-corrected chi connectivity index (χ3v) is 3.30. The van der Waals surface area contributed by atoms with Crippen molar-refractivity contribution in [1.82, 2.24) is 14.7 Å². The zero-order chi connectivity index (χ0) is 15.3. The highest BCUT2D eigenvalue weighted by molar-refractivity contribution is 5.97. The molecule has 114 valence electrons. The molecule has 5 heteroatoms. The molecule has 5 nitrogen and oxygen atoms in total. The van der Waals surface area contributed by atoms with Crippen LogP contribution in [-0.4, -0.2) is 33.7 Å². The third kappa shape index (κ3) is 4.87. The second kappa shape index (κ2) is 7.31. The average molecular weight is 280 g/mol. The number of aromatic nitrogens is 2. The Hall–Kier alpha value is -1.52. The number of carbonyl (C=O) groups excluding carboxylic acids is 1. The Morgan fingerprint density at radius 2 is 1.75 bits per heavy atom. The molecular formula is C15H28N4O. The Balaban J connectivity index is 2.79. The van der Waals surface area contributed by atoms with E-state index in [1.165, 1.54) is 0 Å². The lowest BCUT2D eigenvalue weighted by molar-refractivity contribution is 0.0735. The van der Waals surface area contributed by atoms with Crippen molar-refractivity contribution in [3.63, 3.8) is 0 Å². The average Bonchev–Trinajstić information content (AvgIpc) is 2.67. The monoisotopic (exact) mass is 280 g/mol. The van der Waals surface area contributed by atoms with Crippen molar-refractivity contribution in [2.45, 2.75) is 40.5 Å². The van der Waals surface area contributed by atoms with Crippen LogP contribution >= 0.6 is 0 Å². The fraction of sp³-hybridized carbons (Fsp3) is 0.733. The first-order chi connectivity index (χ1) is 9.31. The minimum atomic E-state index is -0.0515. The minimum Gasteiger partial charge on any atom is -0.396 e. The van der Waals surface area contributed by atoms with Crippen LogP contribution in [0.3, 0.4) is 0 Å². The topological polar surface area (TPSA) is 64.2 Å². The molecule has 0 aliphatic rings. The summed E-state index contributed by atoms with van der Waals surface area (Å²) in [5.74, 6) is 1.10. The van der Waals surface area contributed by atoms with Crippen molar-refractivity contribution in [2.24, 2.45) is 18.9 Å². The van der Waals surface area contributed by atoms with Gasteiger partial charge in [-0.25, -0.2) is 0 Å². The molecule has 1 rings (SSSR count). The number of nitrogens with zero attached hydrogens (tertiary/aromatic N) is 3. The largest absolute Gasteiger partial charge is 0.396 e. The maximum absolute atomic E-state index is 12.6. The van der Waals surface area contributed by atoms with E-state index in [4.69, 9.17) is 5.73 Å². The summed E-state index contributed by atoms with van der Waals surface area (Å²) in [6.45, 7) is 10.2. The van der Waals surface area contributed by atoms with Crippen molar-refractivity contribution in [3.8, 4) is 0 Å². The highest BCUT2D eigenvalue weighted by Crippen LogP contribution is 2.14. The van der Waals surface area contributed by atoms with E-state index in [1.807, 2.05) is 4.90 Å². The second-order valence-corrected chi connectivity index (χ2v) is 6.26. The molecule has 0 radical (unpaired) electrons. The molecule has 0 aliphatic heterocycles. The van der Waals surface area contributed by atoms with Crippen molar-refractivity contribution in [1.29, 1.82) is 0 Å². The van der Waals surface area contributed by atoms with Gasteiger partial charge in [0, 0.05) is 26.3 Å². The van der Waals surface area contributed by atoms with Crippen LogP contribution in [0.2, 0.25) is 0 Å². The highest BCUT2D eigenvalue weighted by Gasteiger charge is 2.21. The smallest absolute Gasteiger partial charge is 0.276 e. The fourth-order valence-electron chi connectivity index (χ4n) is 1.97. The number of amides is 1. The first-order valence-corrected chi connectivity index (χ1v) is 7.39. The molecule has 20 heavy (non-hydrogen) atoms. The van der Waals surface area contributed by atoms with Gasteiger partial charge in [0.2, 0.25) is 0 Å². The number of nitrogen functional groups attached to an aromatic ring is 1. The van der Waals surface area contributed by atoms with Gasteiger partial charge in [-0.1, -0.05) is 27.7 Å². The van der Waals surface area contributed by atoms with Gasteiger partial charge in [0.1, 0.15) is 0 Å². The molecule has 0 saturated carbocycles. The number of hydrogen-bond donors (Lipinski definition) is 1. The number of nitrogens with two attached hydrogens (primary N) is 1. The number of rotatable bonds is 7. The van der Waals surface area contributed by atoms with Gasteiger partial charge >= 0.3 is 0 Å². The first-order valence-electron chi connectivity index (χ1n) is 7.39. The zero-order valence-electron chi connectivity index (χ0n) is 13.4. The number of carbonyl (C=O) groups is 1. The van der Waals surface area contributed by atoms with Gasteiger partial charge in [-0.3, -0.25) is 9.48 Å². The van der Waals surface area contributed by atoms with Crippen LogP contribution in [0.1, 0.15) is 51.0 Å². The van der Waals surface area contributed by atoms with Crippen LogP contribution in [-0.2, 0) is 7.05 Å². The molecule has 0 spiro atoms. The van der Waals surface area contributed by atoms with Gasteiger partial charge in [0.15, 0.2) is 5.69 Å². The quantitative estimate of drug-likeness (QED) is 0.834. The Kier molecular flexibility index (Phi) is 6.05. The van der Waals surface area contributed by atoms with E-state index in [2.05, 4.69) is 32.8 Å². The van der Waals surface area contributed by atoms with Crippen LogP contribution in [0, 0.1) is 11.8 Å². The van der Waals surface area contributed by atoms with E-state index in [-0.39, 0.29) is 5.91 Å². The van der Waals surface area contributed by atoms with Gasteiger partial charge in [-0.05, 0) is 24.7 Å². The summed E-state index contributed by atoms with van der Waals surface area (Å²) in [4.78, 5) is 14.5. The predicted molar refractivity (Wildman–Crippen MR) is 82.4 cm³/mol. The molecule has 0 unspecified atom stereocenters. The molecule has 1 amide bonds. The van der Waals surface area contributed by atoms with E-state index >= 15 is 0 Å². The van der Waals surface area contributed by atoms with Crippen LogP contribution in [0.4, 0.5) is 5.69 Å². The Bertz CT molecular complexity index is 425. The molecular weight excluding hydrogens is 252 g/mol. The summed E-state index contributed by atoms with van der Waals surface area (Å²) in [5.41, 5.74) is 6.69. The lowest BCUT2D eigenvalue weighted by Crippen LogP contribution is -2.34. The summed E-state index contributed by atoms with van der Waals surface area (Å²) in [6, 6.07) is 0. The van der Waals surface area contributed by atoms with Gasteiger partial charge in [-0.2, -0.15) is 5.10 Å². The summed E-state index contributed by atoms with van der Waals surface area (Å²) in [6.07, 6.45) is 3.67. The molecule has 0 aliphatic carbocycles. The molecule has 0 fully saturated rings. The van der Waals surface area contributed by atoms with Crippen molar-refractivity contribution in [3.05, 3.63) is 11.9 Å².